The Morgan fingerprint density at radius 3 is 2.44 bits per heavy atom. The smallest absolute Gasteiger partial charge is 0.322 e. The maximum absolute atomic E-state index is 13.1. The summed E-state index contributed by atoms with van der Waals surface area (Å²) in [5.41, 5.74) is 1.51. The van der Waals surface area contributed by atoms with Crippen molar-refractivity contribution in [2.24, 2.45) is 0 Å². The number of ether oxygens (including phenoxy) is 2. The Bertz CT molecular complexity index is 781. The van der Waals surface area contributed by atoms with Gasteiger partial charge in [0, 0.05) is 31.4 Å². The van der Waals surface area contributed by atoms with Gasteiger partial charge in [0.2, 0.25) is 0 Å². The summed E-state index contributed by atoms with van der Waals surface area (Å²) in [5.74, 6) is 1.01. The van der Waals surface area contributed by atoms with Crippen LogP contribution in [0.4, 0.5) is 14.9 Å². The SMILES string of the molecule is CN(C)CCN(Cc1ccc(F)cc1)C(=O)Nc1ccc2c(c1)OCCO2. The number of urea groups is 1. The summed E-state index contributed by atoms with van der Waals surface area (Å²) in [5, 5.41) is 2.91. The predicted octanol–water partition coefficient (Wildman–Crippen LogP) is 3.19. The summed E-state index contributed by atoms with van der Waals surface area (Å²) in [4.78, 5) is 16.5. The molecule has 2 aromatic rings. The number of amides is 2. The Balaban J connectivity index is 1.70. The summed E-state index contributed by atoms with van der Waals surface area (Å²) in [7, 11) is 3.91. The summed E-state index contributed by atoms with van der Waals surface area (Å²) in [6, 6.07) is 11.3. The van der Waals surface area contributed by atoms with Gasteiger partial charge in [0.05, 0.1) is 0 Å². The maximum Gasteiger partial charge on any atom is 0.322 e. The first-order valence-corrected chi connectivity index (χ1v) is 8.86. The minimum Gasteiger partial charge on any atom is -0.486 e. The normalized spacial score (nSPS) is 12.7. The van der Waals surface area contributed by atoms with E-state index < -0.39 is 0 Å². The highest BCUT2D eigenvalue weighted by Gasteiger charge is 2.17. The van der Waals surface area contributed by atoms with E-state index in [0.29, 0.717) is 43.5 Å². The topological polar surface area (TPSA) is 54.0 Å². The molecule has 0 radical (unpaired) electrons. The number of nitrogens with zero attached hydrogens (tertiary/aromatic N) is 2. The molecule has 0 saturated carbocycles. The van der Waals surface area contributed by atoms with E-state index in [9.17, 15) is 9.18 Å². The minimum atomic E-state index is -0.292. The molecular formula is C20H24FN3O3. The number of hydrogen-bond acceptors (Lipinski definition) is 4. The Labute approximate surface area is 158 Å². The molecule has 27 heavy (non-hydrogen) atoms. The predicted molar refractivity (Wildman–Crippen MR) is 102 cm³/mol. The monoisotopic (exact) mass is 373 g/mol. The van der Waals surface area contributed by atoms with Gasteiger partial charge in [-0.25, -0.2) is 9.18 Å². The van der Waals surface area contributed by atoms with Crippen LogP contribution in [0.5, 0.6) is 11.5 Å². The lowest BCUT2D eigenvalue weighted by Gasteiger charge is -2.25. The highest BCUT2D eigenvalue weighted by atomic mass is 19.1. The molecule has 0 fully saturated rings. The molecule has 2 amide bonds. The lowest BCUT2D eigenvalue weighted by atomic mass is 10.2. The van der Waals surface area contributed by atoms with Crippen LogP contribution in [-0.4, -0.2) is 56.2 Å². The first kappa shape index (κ1) is 19.0. The van der Waals surface area contributed by atoms with Crippen molar-refractivity contribution in [1.82, 2.24) is 9.80 Å². The lowest BCUT2D eigenvalue weighted by molar-refractivity contribution is 0.171. The molecular weight excluding hydrogens is 349 g/mol. The fraction of sp³-hybridized carbons (Fsp3) is 0.350. The zero-order chi connectivity index (χ0) is 19.2. The fourth-order valence-corrected chi connectivity index (χ4v) is 2.71. The van der Waals surface area contributed by atoms with Crippen LogP contribution in [0.2, 0.25) is 0 Å². The number of carbonyl (C=O) groups excluding carboxylic acids is 1. The van der Waals surface area contributed by atoms with E-state index in [1.807, 2.05) is 19.0 Å². The summed E-state index contributed by atoms with van der Waals surface area (Å²) < 4.78 is 24.2. The van der Waals surface area contributed by atoms with Crippen LogP contribution < -0.4 is 14.8 Å². The van der Waals surface area contributed by atoms with Crippen molar-refractivity contribution in [3.8, 4) is 11.5 Å². The number of halogens is 1. The lowest BCUT2D eigenvalue weighted by Crippen LogP contribution is -2.39. The van der Waals surface area contributed by atoms with Crippen LogP contribution in [0.15, 0.2) is 42.5 Å². The van der Waals surface area contributed by atoms with Crippen molar-refractivity contribution in [3.05, 3.63) is 53.8 Å². The van der Waals surface area contributed by atoms with Crippen molar-refractivity contribution >= 4 is 11.7 Å². The van der Waals surface area contributed by atoms with Crippen molar-refractivity contribution in [3.63, 3.8) is 0 Å². The molecule has 0 saturated heterocycles. The second-order valence-electron chi connectivity index (χ2n) is 6.64. The largest absolute Gasteiger partial charge is 0.486 e. The second kappa shape index (κ2) is 8.73. The Morgan fingerprint density at radius 1 is 1.04 bits per heavy atom. The molecule has 6 nitrogen and oxygen atoms in total. The zero-order valence-corrected chi connectivity index (χ0v) is 15.6. The fourth-order valence-electron chi connectivity index (χ4n) is 2.71. The van der Waals surface area contributed by atoms with Gasteiger partial charge >= 0.3 is 6.03 Å². The number of hydrogen-bond donors (Lipinski definition) is 1. The van der Waals surface area contributed by atoms with Crippen LogP contribution in [0, 0.1) is 5.82 Å². The third-order valence-electron chi connectivity index (χ3n) is 4.18. The van der Waals surface area contributed by atoms with Crippen molar-refractivity contribution in [1.29, 1.82) is 0 Å². The third-order valence-corrected chi connectivity index (χ3v) is 4.18. The summed E-state index contributed by atoms with van der Waals surface area (Å²) in [6.45, 7) is 2.67. The summed E-state index contributed by atoms with van der Waals surface area (Å²) >= 11 is 0. The van der Waals surface area contributed by atoms with E-state index in [1.165, 1.54) is 12.1 Å². The first-order valence-electron chi connectivity index (χ1n) is 8.86. The molecule has 144 valence electrons. The van der Waals surface area contributed by atoms with Gasteiger partial charge in [-0.15, -0.1) is 0 Å². The second-order valence-corrected chi connectivity index (χ2v) is 6.64. The van der Waals surface area contributed by atoms with E-state index >= 15 is 0 Å². The molecule has 0 unspecified atom stereocenters. The molecule has 1 N–H and O–H groups in total. The molecule has 7 heteroatoms. The Morgan fingerprint density at radius 2 is 1.74 bits per heavy atom. The van der Waals surface area contributed by atoms with Crippen LogP contribution in [-0.2, 0) is 6.54 Å². The molecule has 1 aliphatic rings. The molecule has 0 aliphatic carbocycles. The average Bonchev–Trinajstić information content (AvgIpc) is 2.66. The van der Waals surface area contributed by atoms with Crippen molar-refractivity contribution < 1.29 is 18.7 Å². The number of carbonyl (C=O) groups is 1. The molecule has 0 spiro atoms. The molecule has 1 heterocycles. The van der Waals surface area contributed by atoms with E-state index in [1.54, 1.807) is 35.2 Å². The molecule has 0 bridgehead atoms. The van der Waals surface area contributed by atoms with Crippen molar-refractivity contribution in [2.45, 2.75) is 6.54 Å². The highest BCUT2D eigenvalue weighted by molar-refractivity contribution is 5.89. The van der Waals surface area contributed by atoms with E-state index in [4.69, 9.17) is 9.47 Å². The maximum atomic E-state index is 13.1. The van der Waals surface area contributed by atoms with Gasteiger partial charge in [-0.3, -0.25) is 0 Å². The van der Waals surface area contributed by atoms with Gasteiger partial charge in [0.1, 0.15) is 19.0 Å². The first-order chi connectivity index (χ1) is 13.0. The van der Waals surface area contributed by atoms with Gasteiger partial charge < -0.3 is 24.6 Å². The van der Waals surface area contributed by atoms with E-state index in [0.717, 1.165) is 12.1 Å². The number of fused-ring (bicyclic) bond motifs is 1. The van der Waals surface area contributed by atoms with Gasteiger partial charge in [0.25, 0.3) is 0 Å². The van der Waals surface area contributed by atoms with E-state index in [-0.39, 0.29) is 11.8 Å². The average molecular weight is 373 g/mol. The molecule has 1 aliphatic heterocycles. The standard InChI is InChI=1S/C20H24FN3O3/c1-23(2)9-10-24(14-15-3-5-16(21)6-4-15)20(25)22-17-7-8-18-19(13-17)27-12-11-26-18/h3-8,13H,9-12,14H2,1-2H3,(H,22,25). The Hall–Kier alpha value is -2.80. The van der Waals surface area contributed by atoms with E-state index in [2.05, 4.69) is 5.32 Å². The third kappa shape index (κ3) is 5.34. The van der Waals surface area contributed by atoms with Gasteiger partial charge in [0.15, 0.2) is 11.5 Å². The van der Waals surface area contributed by atoms with Gasteiger partial charge in [-0.05, 0) is 43.9 Å². The number of anilines is 1. The molecule has 2 aromatic carbocycles. The molecule has 0 atom stereocenters. The number of nitrogens with one attached hydrogen (secondary N) is 1. The summed E-state index contributed by atoms with van der Waals surface area (Å²) in [6.07, 6.45) is 0. The molecule has 0 aromatic heterocycles. The van der Waals surface area contributed by atoms with Crippen LogP contribution >= 0.6 is 0 Å². The highest BCUT2D eigenvalue weighted by Crippen LogP contribution is 2.32. The van der Waals surface area contributed by atoms with Crippen LogP contribution in [0.25, 0.3) is 0 Å². The number of rotatable bonds is 6. The molecule has 3 rings (SSSR count). The quantitative estimate of drug-likeness (QED) is 0.845. The van der Waals surface area contributed by atoms with Crippen LogP contribution in [0.3, 0.4) is 0 Å². The number of likely N-dealkylation sites (N-methyl/N-ethyl adjacent to an activating group) is 1. The van der Waals surface area contributed by atoms with Gasteiger partial charge in [-0.2, -0.15) is 0 Å². The zero-order valence-electron chi connectivity index (χ0n) is 15.6. The Kier molecular flexibility index (Phi) is 6.13. The van der Waals surface area contributed by atoms with Crippen LogP contribution in [0.1, 0.15) is 5.56 Å². The minimum absolute atomic E-state index is 0.224. The van der Waals surface area contributed by atoms with Crippen molar-refractivity contribution in [2.75, 3.05) is 45.7 Å². The number of benzene rings is 2. The van der Waals surface area contributed by atoms with Gasteiger partial charge in [-0.1, -0.05) is 12.1 Å².